The molecule has 1 N–H and O–H groups in total. The van der Waals surface area contributed by atoms with Crippen molar-refractivity contribution in [1.82, 2.24) is 5.32 Å². The number of hydrogen-bond donors (Lipinski definition) is 1. The molecule has 1 unspecified atom stereocenters. The van der Waals surface area contributed by atoms with Crippen LogP contribution in [-0.2, 0) is 6.54 Å². The normalized spacial score (nSPS) is 12.8. The average Bonchev–Trinajstić information content (AvgIpc) is 2.25. The van der Waals surface area contributed by atoms with Gasteiger partial charge in [-0.2, -0.15) is 0 Å². The Morgan fingerprint density at radius 3 is 2.75 bits per heavy atom. The van der Waals surface area contributed by atoms with Crippen molar-refractivity contribution in [3.63, 3.8) is 0 Å². The fraction of sp³-hybridized carbons (Fsp3) is 0.500. The molecule has 1 aromatic carbocycles. The van der Waals surface area contributed by atoms with Gasteiger partial charge in [0, 0.05) is 12.4 Å². The minimum absolute atomic E-state index is 0.579. The molecule has 0 spiro atoms. The maximum absolute atomic E-state index is 6.08. The first-order valence-corrected chi connectivity index (χ1v) is 6.63. The molecule has 1 nitrogen and oxygen atoms in total. The summed E-state index contributed by atoms with van der Waals surface area (Å²) in [7, 11) is 0. The topological polar surface area (TPSA) is 12.0 Å². The highest BCUT2D eigenvalue weighted by Crippen LogP contribution is 2.25. The molecule has 0 saturated carbocycles. The number of alkyl halides is 1. The number of rotatable bonds is 6. The first-order chi connectivity index (χ1) is 7.65. The highest BCUT2D eigenvalue weighted by atomic mass is 35.5. The molecule has 0 aliphatic rings. The van der Waals surface area contributed by atoms with Crippen LogP contribution in [0.15, 0.2) is 18.2 Å². The van der Waals surface area contributed by atoms with E-state index in [1.807, 2.05) is 12.1 Å². The SMILES string of the molecule is CC(CCCl)CNCc1cccc(Cl)c1Cl. The summed E-state index contributed by atoms with van der Waals surface area (Å²) in [5.74, 6) is 1.29. The summed E-state index contributed by atoms with van der Waals surface area (Å²) in [6, 6.07) is 5.68. The molecule has 0 bridgehead atoms. The molecule has 1 atom stereocenters. The van der Waals surface area contributed by atoms with E-state index in [2.05, 4.69) is 12.2 Å². The van der Waals surface area contributed by atoms with Gasteiger partial charge in [0.25, 0.3) is 0 Å². The van der Waals surface area contributed by atoms with Gasteiger partial charge in [-0.05, 0) is 30.5 Å². The average molecular weight is 281 g/mol. The zero-order chi connectivity index (χ0) is 12.0. The van der Waals surface area contributed by atoms with Crippen LogP contribution < -0.4 is 5.32 Å². The zero-order valence-electron chi connectivity index (χ0n) is 9.27. The summed E-state index contributed by atoms with van der Waals surface area (Å²) in [5.41, 5.74) is 1.03. The smallest absolute Gasteiger partial charge is 0.0637 e. The number of halogens is 3. The molecule has 4 heteroatoms. The molecule has 0 fully saturated rings. The second-order valence-electron chi connectivity index (χ2n) is 3.93. The van der Waals surface area contributed by atoms with Crippen molar-refractivity contribution in [2.75, 3.05) is 12.4 Å². The Kier molecular flexibility index (Phi) is 6.52. The van der Waals surface area contributed by atoms with Crippen LogP contribution in [0.4, 0.5) is 0 Å². The summed E-state index contributed by atoms with van der Waals surface area (Å²) >= 11 is 17.7. The van der Waals surface area contributed by atoms with Crippen LogP contribution in [0.2, 0.25) is 10.0 Å². The molecule has 0 heterocycles. The fourth-order valence-electron chi connectivity index (χ4n) is 1.43. The van der Waals surface area contributed by atoms with Crippen LogP contribution in [0.3, 0.4) is 0 Å². The van der Waals surface area contributed by atoms with Crippen molar-refractivity contribution in [3.8, 4) is 0 Å². The molecular formula is C12H16Cl3N. The maximum Gasteiger partial charge on any atom is 0.0637 e. The van der Waals surface area contributed by atoms with E-state index in [1.165, 1.54) is 0 Å². The third kappa shape index (κ3) is 4.50. The molecule has 0 aromatic heterocycles. The Morgan fingerprint density at radius 1 is 1.31 bits per heavy atom. The van der Waals surface area contributed by atoms with E-state index in [4.69, 9.17) is 34.8 Å². The van der Waals surface area contributed by atoms with E-state index >= 15 is 0 Å². The standard InChI is InChI=1S/C12H16Cl3N/c1-9(5-6-13)7-16-8-10-3-2-4-11(14)12(10)15/h2-4,9,16H,5-8H2,1H3. The Morgan fingerprint density at radius 2 is 2.06 bits per heavy atom. The van der Waals surface area contributed by atoms with Gasteiger partial charge in [0.1, 0.15) is 0 Å². The second kappa shape index (κ2) is 7.39. The van der Waals surface area contributed by atoms with Gasteiger partial charge in [-0.15, -0.1) is 11.6 Å². The van der Waals surface area contributed by atoms with Crippen molar-refractivity contribution >= 4 is 34.8 Å². The quantitative estimate of drug-likeness (QED) is 0.764. The molecule has 1 aromatic rings. The van der Waals surface area contributed by atoms with Crippen LogP contribution in [0.25, 0.3) is 0 Å². The summed E-state index contributed by atoms with van der Waals surface area (Å²) in [6.45, 7) is 3.86. The highest BCUT2D eigenvalue weighted by Gasteiger charge is 2.05. The van der Waals surface area contributed by atoms with Crippen LogP contribution in [0, 0.1) is 5.92 Å². The fourth-order valence-corrected chi connectivity index (χ4v) is 2.19. The first kappa shape index (κ1) is 14.1. The van der Waals surface area contributed by atoms with Gasteiger partial charge in [-0.3, -0.25) is 0 Å². The van der Waals surface area contributed by atoms with E-state index in [9.17, 15) is 0 Å². The Balaban J connectivity index is 2.40. The summed E-state index contributed by atoms with van der Waals surface area (Å²) in [5, 5.41) is 4.60. The maximum atomic E-state index is 6.08. The second-order valence-corrected chi connectivity index (χ2v) is 5.09. The lowest BCUT2D eigenvalue weighted by Gasteiger charge is -2.12. The molecule has 0 aliphatic carbocycles. The summed E-state index contributed by atoms with van der Waals surface area (Å²) in [4.78, 5) is 0. The third-order valence-electron chi connectivity index (χ3n) is 2.44. The lowest BCUT2D eigenvalue weighted by molar-refractivity contribution is 0.502. The van der Waals surface area contributed by atoms with Crippen LogP contribution >= 0.6 is 34.8 Å². The predicted octanol–water partition coefficient (Wildman–Crippen LogP) is 4.35. The lowest BCUT2D eigenvalue weighted by atomic mass is 10.1. The lowest BCUT2D eigenvalue weighted by Crippen LogP contribution is -2.21. The van der Waals surface area contributed by atoms with Gasteiger partial charge in [-0.25, -0.2) is 0 Å². The zero-order valence-corrected chi connectivity index (χ0v) is 11.5. The monoisotopic (exact) mass is 279 g/mol. The molecule has 1 rings (SSSR count). The van der Waals surface area contributed by atoms with E-state index in [0.717, 1.165) is 25.1 Å². The summed E-state index contributed by atoms with van der Waals surface area (Å²) < 4.78 is 0. The number of benzene rings is 1. The van der Waals surface area contributed by atoms with Crippen molar-refractivity contribution in [1.29, 1.82) is 0 Å². The molecule has 0 saturated heterocycles. The molecule has 0 radical (unpaired) electrons. The number of nitrogens with one attached hydrogen (secondary N) is 1. The Bertz CT molecular complexity index is 328. The third-order valence-corrected chi connectivity index (χ3v) is 3.52. The predicted molar refractivity (Wildman–Crippen MR) is 72.7 cm³/mol. The number of hydrogen-bond acceptors (Lipinski definition) is 1. The first-order valence-electron chi connectivity index (χ1n) is 5.34. The Labute approximate surface area is 112 Å². The summed E-state index contributed by atoms with van der Waals surface area (Å²) in [6.07, 6.45) is 1.03. The Hall–Kier alpha value is 0.0500. The van der Waals surface area contributed by atoms with Crippen molar-refractivity contribution < 1.29 is 0 Å². The van der Waals surface area contributed by atoms with Crippen molar-refractivity contribution in [2.45, 2.75) is 19.9 Å². The minimum atomic E-state index is 0.579. The van der Waals surface area contributed by atoms with E-state index < -0.39 is 0 Å². The van der Waals surface area contributed by atoms with Gasteiger partial charge in [0.05, 0.1) is 10.0 Å². The molecule has 90 valence electrons. The van der Waals surface area contributed by atoms with E-state index in [0.29, 0.717) is 21.8 Å². The molecule has 0 amide bonds. The highest BCUT2D eigenvalue weighted by molar-refractivity contribution is 6.42. The van der Waals surface area contributed by atoms with Gasteiger partial charge in [0.15, 0.2) is 0 Å². The molecule has 16 heavy (non-hydrogen) atoms. The van der Waals surface area contributed by atoms with E-state index in [-0.39, 0.29) is 0 Å². The van der Waals surface area contributed by atoms with Crippen molar-refractivity contribution in [3.05, 3.63) is 33.8 Å². The van der Waals surface area contributed by atoms with Gasteiger partial charge in [-0.1, -0.05) is 42.3 Å². The van der Waals surface area contributed by atoms with Gasteiger partial charge >= 0.3 is 0 Å². The van der Waals surface area contributed by atoms with Crippen LogP contribution in [0.5, 0.6) is 0 Å². The van der Waals surface area contributed by atoms with Crippen molar-refractivity contribution in [2.24, 2.45) is 5.92 Å². The van der Waals surface area contributed by atoms with Crippen LogP contribution in [-0.4, -0.2) is 12.4 Å². The minimum Gasteiger partial charge on any atom is -0.312 e. The van der Waals surface area contributed by atoms with Gasteiger partial charge < -0.3 is 5.32 Å². The van der Waals surface area contributed by atoms with Crippen LogP contribution in [0.1, 0.15) is 18.9 Å². The van der Waals surface area contributed by atoms with Gasteiger partial charge in [0.2, 0.25) is 0 Å². The molecular weight excluding hydrogens is 264 g/mol. The van der Waals surface area contributed by atoms with E-state index in [1.54, 1.807) is 6.07 Å². The molecule has 0 aliphatic heterocycles. The largest absolute Gasteiger partial charge is 0.312 e.